The molecule has 0 radical (unpaired) electrons. The number of amides is 1. The molecule has 3 aromatic heterocycles. The lowest BCUT2D eigenvalue weighted by molar-refractivity contribution is 0.0447. The molecule has 3 atom stereocenters. The van der Waals surface area contributed by atoms with Crippen molar-refractivity contribution in [2.75, 3.05) is 13.1 Å². The molecule has 4 aromatic rings. The van der Waals surface area contributed by atoms with Crippen LogP contribution in [0.1, 0.15) is 29.6 Å². The summed E-state index contributed by atoms with van der Waals surface area (Å²) in [6.45, 7) is 1.08. The molecule has 36 heavy (non-hydrogen) atoms. The number of aromatic nitrogens is 4. The lowest BCUT2D eigenvalue weighted by Gasteiger charge is -2.33. The number of halogens is 2. The van der Waals surface area contributed by atoms with Crippen LogP contribution in [0.3, 0.4) is 0 Å². The first-order chi connectivity index (χ1) is 17.4. The smallest absolute Gasteiger partial charge is 0.256 e. The van der Waals surface area contributed by atoms with Crippen LogP contribution in [0.15, 0.2) is 36.5 Å². The zero-order valence-electron chi connectivity index (χ0n) is 19.6. The molecule has 3 aliphatic rings. The number of piperidine rings is 1. The summed E-state index contributed by atoms with van der Waals surface area (Å²) in [5.74, 6) is 1.11. The van der Waals surface area contributed by atoms with Crippen molar-refractivity contribution < 1.29 is 18.3 Å². The minimum atomic E-state index is -1.59. The molecule has 1 saturated carbocycles. The second-order valence-electron chi connectivity index (χ2n) is 10.2. The Balaban J connectivity index is 1.37. The molecule has 5 heterocycles. The summed E-state index contributed by atoms with van der Waals surface area (Å²) in [5.41, 5.74) is 9.15. The summed E-state index contributed by atoms with van der Waals surface area (Å²) >= 11 is 0. The highest BCUT2D eigenvalue weighted by Crippen LogP contribution is 2.40. The predicted octanol–water partition coefficient (Wildman–Crippen LogP) is 3.66. The molecule has 1 unspecified atom stereocenters. The van der Waals surface area contributed by atoms with Gasteiger partial charge in [0, 0.05) is 36.3 Å². The molecular weight excluding hydrogens is 466 g/mol. The number of benzene rings is 1. The molecule has 186 valence electrons. The van der Waals surface area contributed by atoms with E-state index in [9.17, 15) is 13.6 Å². The zero-order valence-corrected chi connectivity index (χ0v) is 19.6. The number of carbonyl (C=O) groups is 1. The van der Waals surface area contributed by atoms with Gasteiger partial charge in [0.1, 0.15) is 23.1 Å². The maximum absolute atomic E-state index is 14.8. The largest absolute Gasteiger partial charge is 0.456 e. The third-order valence-corrected chi connectivity index (χ3v) is 7.38. The summed E-state index contributed by atoms with van der Waals surface area (Å²) in [5, 5.41) is 0.996. The van der Waals surface area contributed by atoms with Crippen molar-refractivity contribution in [3.8, 4) is 17.3 Å². The highest BCUT2D eigenvalue weighted by molar-refractivity contribution is 6.00. The minimum Gasteiger partial charge on any atom is -0.456 e. The third kappa shape index (κ3) is 3.54. The summed E-state index contributed by atoms with van der Waals surface area (Å²) in [7, 11) is 0. The molecule has 1 amide bonds. The molecule has 10 heteroatoms. The van der Waals surface area contributed by atoms with Crippen LogP contribution in [0, 0.1) is 5.92 Å². The van der Waals surface area contributed by atoms with Crippen LogP contribution in [0.4, 0.5) is 8.78 Å². The van der Waals surface area contributed by atoms with E-state index in [1.807, 2.05) is 22.8 Å². The van der Waals surface area contributed by atoms with Gasteiger partial charge in [-0.25, -0.2) is 14.4 Å². The number of nitrogens with zero attached hydrogens (tertiary/aromatic N) is 5. The van der Waals surface area contributed by atoms with Crippen molar-refractivity contribution in [3.63, 3.8) is 0 Å². The number of rotatable bonds is 4. The van der Waals surface area contributed by atoms with Crippen LogP contribution in [0.25, 0.3) is 33.6 Å². The number of fused-ring (bicyclic) bond motifs is 1. The van der Waals surface area contributed by atoms with Gasteiger partial charge in [0.25, 0.3) is 12.3 Å². The van der Waals surface area contributed by atoms with Crippen LogP contribution >= 0.6 is 0 Å². The van der Waals surface area contributed by atoms with Gasteiger partial charge < -0.3 is 24.5 Å². The maximum Gasteiger partial charge on any atom is 0.256 e. The van der Waals surface area contributed by atoms with E-state index in [0.29, 0.717) is 22.8 Å². The molecule has 0 bridgehead atoms. The fourth-order valence-electron chi connectivity index (χ4n) is 5.57. The highest BCUT2D eigenvalue weighted by Gasteiger charge is 2.33. The Morgan fingerprint density at radius 1 is 1.17 bits per heavy atom. The molecule has 2 aliphatic heterocycles. The van der Waals surface area contributed by atoms with E-state index in [1.165, 1.54) is 23.8 Å². The Bertz CT molecular complexity index is 1500. The van der Waals surface area contributed by atoms with Gasteiger partial charge in [0.2, 0.25) is 0 Å². The Morgan fingerprint density at radius 2 is 2.03 bits per heavy atom. The lowest BCUT2D eigenvalue weighted by atomic mass is 10.0. The molecule has 1 aromatic carbocycles. The predicted molar refractivity (Wildman–Crippen MR) is 130 cm³/mol. The summed E-state index contributed by atoms with van der Waals surface area (Å²) < 4.78 is 38.5. The molecule has 2 N–H and O–H groups in total. The molecule has 7 rings (SSSR count). The molecule has 1 aliphatic carbocycles. The van der Waals surface area contributed by atoms with E-state index in [2.05, 4.69) is 9.55 Å². The van der Waals surface area contributed by atoms with Crippen molar-refractivity contribution in [1.82, 2.24) is 24.0 Å². The van der Waals surface area contributed by atoms with Gasteiger partial charge in [-0.3, -0.25) is 4.79 Å². The SMILES string of the molecule is N[C@@H]1C[C@@H](F)CN(C(=O)c2cc3c4c(c2)nc(-c2cc5cccnc5n2CC2CC2)n4CC(F)O3)C1. The Kier molecular flexibility index (Phi) is 4.82. The van der Waals surface area contributed by atoms with E-state index >= 15 is 0 Å². The van der Waals surface area contributed by atoms with Crippen molar-refractivity contribution in [2.24, 2.45) is 11.7 Å². The standard InChI is InChI=1S/C26H26F2N6O2/c27-17-9-18(29)12-32(11-17)26(35)16-6-19-23-21(8-16)36-22(28)13-34(23)25(31-19)20-7-15-2-1-5-30-24(15)33(20)10-14-3-4-14/h1-2,5-8,14,17-18,22H,3-4,9-13,29H2/t17-,18-,22?/m1/s1. The summed E-state index contributed by atoms with van der Waals surface area (Å²) in [6, 6.07) is 8.75. The summed E-state index contributed by atoms with van der Waals surface area (Å²) in [6.07, 6.45) is 1.61. The average Bonchev–Trinajstić information content (AvgIpc) is 3.50. The number of pyridine rings is 1. The number of hydrogen-bond acceptors (Lipinski definition) is 5. The first-order valence-corrected chi connectivity index (χ1v) is 12.4. The van der Waals surface area contributed by atoms with Gasteiger partial charge in [-0.2, -0.15) is 4.39 Å². The Hall–Kier alpha value is -3.53. The van der Waals surface area contributed by atoms with Crippen molar-refractivity contribution >= 4 is 28.0 Å². The minimum absolute atomic E-state index is 0.00494. The van der Waals surface area contributed by atoms with Gasteiger partial charge >= 0.3 is 0 Å². The fourth-order valence-corrected chi connectivity index (χ4v) is 5.57. The van der Waals surface area contributed by atoms with Crippen LogP contribution < -0.4 is 10.5 Å². The van der Waals surface area contributed by atoms with Gasteiger partial charge in [0.05, 0.1) is 24.3 Å². The number of hydrogen-bond donors (Lipinski definition) is 1. The topological polar surface area (TPSA) is 91.2 Å². The lowest BCUT2D eigenvalue weighted by Crippen LogP contribution is -2.50. The molecule has 0 spiro atoms. The first kappa shape index (κ1) is 21.7. The summed E-state index contributed by atoms with van der Waals surface area (Å²) in [4.78, 5) is 24.2. The number of nitrogens with two attached hydrogens (primary N) is 1. The van der Waals surface area contributed by atoms with Crippen molar-refractivity contribution in [2.45, 2.75) is 50.9 Å². The van der Waals surface area contributed by atoms with Crippen molar-refractivity contribution in [1.29, 1.82) is 0 Å². The van der Waals surface area contributed by atoms with Gasteiger partial charge in [-0.05, 0) is 55.5 Å². The van der Waals surface area contributed by atoms with Crippen LogP contribution in [-0.4, -0.2) is 61.6 Å². The van der Waals surface area contributed by atoms with Crippen LogP contribution in [0.2, 0.25) is 0 Å². The number of alkyl halides is 2. The molecule has 8 nitrogen and oxygen atoms in total. The maximum atomic E-state index is 14.8. The number of likely N-dealkylation sites (tertiary alicyclic amines) is 1. The van der Waals surface area contributed by atoms with E-state index < -0.39 is 18.6 Å². The van der Waals surface area contributed by atoms with Crippen LogP contribution in [0.5, 0.6) is 5.75 Å². The van der Waals surface area contributed by atoms with E-state index in [0.717, 1.165) is 23.3 Å². The number of imidazole rings is 1. The Labute approximate surface area is 205 Å². The second-order valence-corrected chi connectivity index (χ2v) is 10.2. The molecule has 2 fully saturated rings. The van der Waals surface area contributed by atoms with Crippen molar-refractivity contribution in [3.05, 3.63) is 42.1 Å². The van der Waals surface area contributed by atoms with E-state index in [-0.39, 0.29) is 43.3 Å². The average molecular weight is 493 g/mol. The zero-order chi connectivity index (χ0) is 24.6. The fraction of sp³-hybridized carbons (Fsp3) is 0.423. The Morgan fingerprint density at radius 3 is 2.83 bits per heavy atom. The molecular formula is C26H26F2N6O2. The number of ether oxygens (including phenoxy) is 1. The van der Waals surface area contributed by atoms with E-state index in [1.54, 1.807) is 12.3 Å². The molecule has 1 saturated heterocycles. The highest BCUT2D eigenvalue weighted by atomic mass is 19.1. The number of carbonyl (C=O) groups excluding carboxylic acids is 1. The second kappa shape index (κ2) is 7.99. The first-order valence-electron chi connectivity index (χ1n) is 12.4. The third-order valence-electron chi connectivity index (χ3n) is 7.38. The van der Waals surface area contributed by atoms with E-state index in [4.69, 9.17) is 15.5 Å². The van der Waals surface area contributed by atoms with Gasteiger partial charge in [0.15, 0.2) is 5.82 Å². The van der Waals surface area contributed by atoms with Crippen LogP contribution in [-0.2, 0) is 13.1 Å². The monoisotopic (exact) mass is 492 g/mol. The quantitative estimate of drug-likeness (QED) is 0.470. The van der Waals surface area contributed by atoms with Gasteiger partial charge in [-0.15, -0.1) is 0 Å². The van der Waals surface area contributed by atoms with Gasteiger partial charge in [-0.1, -0.05) is 0 Å². The normalized spacial score (nSPS) is 23.9.